The van der Waals surface area contributed by atoms with Gasteiger partial charge in [-0.3, -0.25) is 9.69 Å². The summed E-state index contributed by atoms with van der Waals surface area (Å²) in [6, 6.07) is 26.9. The number of primary amides is 1. The van der Waals surface area contributed by atoms with Crippen molar-refractivity contribution in [1.29, 1.82) is 0 Å². The van der Waals surface area contributed by atoms with Gasteiger partial charge in [-0.1, -0.05) is 67.6 Å². The monoisotopic (exact) mass is 400 g/mol. The van der Waals surface area contributed by atoms with E-state index in [-0.39, 0.29) is 6.04 Å². The normalized spacial score (nSPS) is 16.5. The Morgan fingerprint density at radius 1 is 1.07 bits per heavy atom. The molecule has 4 nitrogen and oxygen atoms in total. The number of ether oxygens (including phenoxy) is 1. The van der Waals surface area contributed by atoms with Gasteiger partial charge in [0.1, 0.15) is 12.4 Å². The van der Waals surface area contributed by atoms with Crippen molar-refractivity contribution in [2.24, 2.45) is 5.73 Å². The van der Waals surface area contributed by atoms with Gasteiger partial charge in [-0.15, -0.1) is 0 Å². The molecule has 4 rings (SSSR count). The van der Waals surface area contributed by atoms with Crippen LogP contribution in [0.3, 0.4) is 0 Å². The molecule has 0 aromatic heterocycles. The molecule has 2 N–H and O–H groups in total. The lowest BCUT2D eigenvalue weighted by atomic mass is 9.95. The Balaban J connectivity index is 1.57. The summed E-state index contributed by atoms with van der Waals surface area (Å²) in [4.78, 5) is 14.1. The number of carbonyl (C=O) groups excluding carboxylic acids is 1. The standard InChI is InChI=1S/C26H28N2O2/c1-19(21-10-6-3-7-11-21)16-28(17-20-8-4-2-5-9-20)24-15-23-14-22(26(27)29)12-13-25(23)30-18-24/h2-14,19,24H,15-18H2,1H3,(H2,27,29)/t19?,24-/m0/s1. The number of nitrogens with zero attached hydrogens (tertiary/aromatic N) is 1. The summed E-state index contributed by atoms with van der Waals surface area (Å²) >= 11 is 0. The van der Waals surface area contributed by atoms with E-state index in [0.717, 1.165) is 30.8 Å². The van der Waals surface area contributed by atoms with Gasteiger partial charge in [0.25, 0.3) is 0 Å². The molecule has 1 unspecified atom stereocenters. The Bertz CT molecular complexity index is 988. The van der Waals surface area contributed by atoms with Gasteiger partial charge in [0, 0.05) is 24.7 Å². The predicted molar refractivity (Wildman–Crippen MR) is 120 cm³/mol. The molecule has 1 aliphatic heterocycles. The fraction of sp³-hybridized carbons (Fsp3) is 0.269. The molecule has 0 bridgehead atoms. The number of benzene rings is 3. The molecule has 1 aliphatic rings. The van der Waals surface area contributed by atoms with E-state index in [1.807, 2.05) is 18.2 Å². The second-order valence-electron chi connectivity index (χ2n) is 8.08. The smallest absolute Gasteiger partial charge is 0.248 e. The summed E-state index contributed by atoms with van der Waals surface area (Å²) in [5.41, 5.74) is 9.69. The second kappa shape index (κ2) is 9.14. The van der Waals surface area contributed by atoms with Gasteiger partial charge in [-0.25, -0.2) is 0 Å². The largest absolute Gasteiger partial charge is 0.492 e. The van der Waals surface area contributed by atoms with Gasteiger partial charge >= 0.3 is 0 Å². The van der Waals surface area contributed by atoms with Crippen LogP contribution in [0, 0.1) is 0 Å². The van der Waals surface area contributed by atoms with E-state index < -0.39 is 5.91 Å². The Hall–Kier alpha value is -3.11. The van der Waals surface area contributed by atoms with E-state index in [0.29, 0.717) is 18.1 Å². The summed E-state index contributed by atoms with van der Waals surface area (Å²) in [7, 11) is 0. The highest BCUT2D eigenvalue weighted by Crippen LogP contribution is 2.29. The number of fused-ring (bicyclic) bond motifs is 1. The minimum Gasteiger partial charge on any atom is -0.492 e. The maximum atomic E-state index is 11.6. The van der Waals surface area contributed by atoms with Crippen LogP contribution in [0.15, 0.2) is 78.9 Å². The Labute approximate surface area is 178 Å². The first-order valence-electron chi connectivity index (χ1n) is 10.5. The van der Waals surface area contributed by atoms with E-state index in [2.05, 4.69) is 66.4 Å². The third kappa shape index (κ3) is 4.71. The minimum absolute atomic E-state index is 0.229. The van der Waals surface area contributed by atoms with Crippen LogP contribution >= 0.6 is 0 Å². The van der Waals surface area contributed by atoms with Crippen molar-refractivity contribution in [3.05, 3.63) is 101 Å². The molecular weight excluding hydrogens is 372 g/mol. The highest BCUT2D eigenvalue weighted by Gasteiger charge is 2.27. The van der Waals surface area contributed by atoms with Crippen LogP contribution in [-0.4, -0.2) is 30.0 Å². The average molecular weight is 401 g/mol. The van der Waals surface area contributed by atoms with Crippen molar-refractivity contribution < 1.29 is 9.53 Å². The second-order valence-corrected chi connectivity index (χ2v) is 8.08. The van der Waals surface area contributed by atoms with Crippen molar-refractivity contribution in [2.45, 2.75) is 31.8 Å². The number of rotatable bonds is 7. The maximum Gasteiger partial charge on any atom is 0.248 e. The molecule has 0 saturated heterocycles. The lowest BCUT2D eigenvalue weighted by molar-refractivity contribution is 0.0997. The Kier molecular flexibility index (Phi) is 6.15. The first-order valence-corrected chi connectivity index (χ1v) is 10.5. The molecule has 0 radical (unpaired) electrons. The molecule has 4 heteroatoms. The predicted octanol–water partition coefficient (Wildman–Crippen LogP) is 4.39. The number of nitrogens with two attached hydrogens (primary N) is 1. The fourth-order valence-corrected chi connectivity index (χ4v) is 4.17. The minimum atomic E-state index is -0.404. The maximum absolute atomic E-state index is 11.6. The molecular formula is C26H28N2O2. The molecule has 0 fully saturated rings. The number of hydrogen-bond donors (Lipinski definition) is 1. The summed E-state index contributed by atoms with van der Waals surface area (Å²) in [5.74, 6) is 0.846. The number of amides is 1. The van der Waals surface area contributed by atoms with Crippen molar-refractivity contribution >= 4 is 5.91 Å². The summed E-state index contributed by atoms with van der Waals surface area (Å²) in [6.45, 7) is 4.70. The van der Waals surface area contributed by atoms with Gasteiger partial charge < -0.3 is 10.5 Å². The molecule has 154 valence electrons. The van der Waals surface area contributed by atoms with Crippen molar-refractivity contribution in [3.63, 3.8) is 0 Å². The summed E-state index contributed by atoms with van der Waals surface area (Å²) in [5, 5.41) is 0. The zero-order valence-corrected chi connectivity index (χ0v) is 17.3. The molecule has 0 saturated carbocycles. The molecule has 3 aromatic carbocycles. The Morgan fingerprint density at radius 2 is 1.77 bits per heavy atom. The van der Waals surface area contributed by atoms with Gasteiger partial charge in [0.15, 0.2) is 0 Å². The van der Waals surface area contributed by atoms with Crippen LogP contribution in [0.4, 0.5) is 0 Å². The summed E-state index contributed by atoms with van der Waals surface area (Å²) in [6.07, 6.45) is 0.838. The van der Waals surface area contributed by atoms with Crippen LogP contribution in [0.5, 0.6) is 5.75 Å². The molecule has 30 heavy (non-hydrogen) atoms. The van der Waals surface area contributed by atoms with Crippen LogP contribution < -0.4 is 10.5 Å². The first-order chi connectivity index (χ1) is 14.6. The van der Waals surface area contributed by atoms with Gasteiger partial charge in [-0.2, -0.15) is 0 Å². The van der Waals surface area contributed by atoms with Crippen LogP contribution in [0.25, 0.3) is 0 Å². The molecule has 2 atom stereocenters. The SMILES string of the molecule is CC(CN(Cc1ccccc1)[C@@H]1COc2ccc(C(N)=O)cc2C1)c1ccccc1. The molecule has 0 spiro atoms. The van der Waals surface area contributed by atoms with Crippen LogP contribution in [0.2, 0.25) is 0 Å². The highest BCUT2D eigenvalue weighted by atomic mass is 16.5. The fourth-order valence-electron chi connectivity index (χ4n) is 4.17. The molecule has 3 aromatic rings. The van der Waals surface area contributed by atoms with Crippen molar-refractivity contribution in [3.8, 4) is 5.75 Å². The number of hydrogen-bond acceptors (Lipinski definition) is 3. The third-order valence-corrected chi connectivity index (χ3v) is 5.85. The first kappa shape index (κ1) is 20.2. The van der Waals surface area contributed by atoms with E-state index in [4.69, 9.17) is 10.5 Å². The lowest BCUT2D eigenvalue weighted by Gasteiger charge is -2.37. The molecule has 0 aliphatic carbocycles. The average Bonchev–Trinajstić information content (AvgIpc) is 2.79. The van der Waals surface area contributed by atoms with E-state index >= 15 is 0 Å². The van der Waals surface area contributed by atoms with Gasteiger partial charge in [0.2, 0.25) is 5.91 Å². The summed E-state index contributed by atoms with van der Waals surface area (Å²) < 4.78 is 6.08. The van der Waals surface area contributed by atoms with Crippen LogP contribution in [-0.2, 0) is 13.0 Å². The van der Waals surface area contributed by atoms with Gasteiger partial charge in [0.05, 0.1) is 0 Å². The van der Waals surface area contributed by atoms with Crippen molar-refractivity contribution in [1.82, 2.24) is 4.90 Å². The van der Waals surface area contributed by atoms with E-state index in [1.54, 1.807) is 6.07 Å². The van der Waals surface area contributed by atoms with Gasteiger partial charge in [-0.05, 0) is 47.2 Å². The number of carbonyl (C=O) groups is 1. The van der Waals surface area contributed by atoms with Crippen LogP contribution in [0.1, 0.15) is 39.9 Å². The van der Waals surface area contributed by atoms with E-state index in [1.165, 1.54) is 11.1 Å². The zero-order chi connectivity index (χ0) is 20.9. The third-order valence-electron chi connectivity index (χ3n) is 5.85. The Morgan fingerprint density at radius 3 is 2.47 bits per heavy atom. The highest BCUT2D eigenvalue weighted by molar-refractivity contribution is 5.93. The molecule has 1 heterocycles. The van der Waals surface area contributed by atoms with E-state index in [9.17, 15) is 4.79 Å². The lowest BCUT2D eigenvalue weighted by Crippen LogP contribution is -2.44. The van der Waals surface area contributed by atoms with Crippen molar-refractivity contribution in [2.75, 3.05) is 13.2 Å². The zero-order valence-electron chi connectivity index (χ0n) is 17.3. The molecule has 1 amide bonds. The quantitative estimate of drug-likeness (QED) is 0.640. The topological polar surface area (TPSA) is 55.6 Å².